The Kier molecular flexibility index (Phi) is 6.99. The van der Waals surface area contributed by atoms with Crippen molar-refractivity contribution in [1.29, 1.82) is 0 Å². The van der Waals surface area contributed by atoms with Crippen LogP contribution in [0.2, 0.25) is 5.02 Å². The molecule has 1 N–H and O–H groups in total. The number of aryl methyl sites for hydroxylation is 2. The Labute approximate surface area is 198 Å². The summed E-state index contributed by atoms with van der Waals surface area (Å²) in [6, 6.07) is 15.1. The first-order valence-corrected chi connectivity index (χ1v) is 11.3. The number of carbonyl (C=O) groups excluding carboxylic acids is 2. The van der Waals surface area contributed by atoms with Gasteiger partial charge in [-0.1, -0.05) is 35.9 Å². The van der Waals surface area contributed by atoms with Gasteiger partial charge in [0.15, 0.2) is 5.69 Å². The first kappa shape index (κ1) is 22.9. The van der Waals surface area contributed by atoms with E-state index < -0.39 is 0 Å². The molecule has 0 aliphatic carbocycles. The Hall–Kier alpha value is -3.32. The zero-order chi connectivity index (χ0) is 23.4. The van der Waals surface area contributed by atoms with Crippen LogP contribution >= 0.6 is 11.6 Å². The first-order valence-electron chi connectivity index (χ1n) is 10.9. The maximum atomic E-state index is 12.9. The summed E-state index contributed by atoms with van der Waals surface area (Å²) < 4.78 is 6.94. The van der Waals surface area contributed by atoms with Crippen LogP contribution < -0.4 is 10.1 Å². The van der Waals surface area contributed by atoms with Crippen LogP contribution in [0.15, 0.2) is 48.5 Å². The topological polar surface area (TPSA) is 76.5 Å². The Morgan fingerprint density at radius 1 is 1.09 bits per heavy atom. The summed E-state index contributed by atoms with van der Waals surface area (Å²) in [5.74, 6) is 0.634. The van der Waals surface area contributed by atoms with Crippen LogP contribution in [0.4, 0.5) is 0 Å². The quantitative estimate of drug-likeness (QED) is 0.578. The molecule has 0 saturated heterocycles. The van der Waals surface area contributed by atoms with Crippen LogP contribution in [-0.2, 0) is 37.8 Å². The lowest BCUT2D eigenvalue weighted by atomic mass is 10.0. The highest BCUT2D eigenvalue weighted by Gasteiger charge is 2.29. The molecule has 172 valence electrons. The second-order valence-corrected chi connectivity index (χ2v) is 8.56. The molecule has 2 amide bonds. The second-order valence-electron chi connectivity index (χ2n) is 8.12. The van der Waals surface area contributed by atoms with E-state index in [9.17, 15) is 9.59 Å². The molecule has 4 rings (SSSR count). The van der Waals surface area contributed by atoms with Crippen LogP contribution in [0.25, 0.3) is 0 Å². The fourth-order valence-corrected chi connectivity index (χ4v) is 4.18. The molecular formula is C25H27ClN4O3. The molecule has 2 heterocycles. The van der Waals surface area contributed by atoms with Gasteiger partial charge >= 0.3 is 0 Å². The van der Waals surface area contributed by atoms with E-state index in [1.807, 2.05) is 48.3 Å². The second kappa shape index (κ2) is 10.1. The summed E-state index contributed by atoms with van der Waals surface area (Å²) in [7, 11) is 3.48. The number of fused-ring (bicyclic) bond motifs is 1. The number of methoxy groups -OCH3 is 1. The average molecular weight is 467 g/mol. The van der Waals surface area contributed by atoms with Gasteiger partial charge in [0.2, 0.25) is 5.91 Å². The predicted molar refractivity (Wildman–Crippen MR) is 126 cm³/mol. The molecule has 0 radical (unpaired) electrons. The van der Waals surface area contributed by atoms with Gasteiger partial charge in [0.25, 0.3) is 5.91 Å². The van der Waals surface area contributed by atoms with Crippen molar-refractivity contribution in [3.8, 4) is 5.75 Å². The zero-order valence-corrected chi connectivity index (χ0v) is 19.6. The molecule has 1 aliphatic rings. The number of aromatic nitrogens is 2. The van der Waals surface area contributed by atoms with Crippen molar-refractivity contribution in [2.75, 3.05) is 13.7 Å². The van der Waals surface area contributed by atoms with Crippen molar-refractivity contribution in [2.24, 2.45) is 7.05 Å². The number of hydrogen-bond acceptors (Lipinski definition) is 4. The van der Waals surface area contributed by atoms with Gasteiger partial charge in [-0.2, -0.15) is 5.10 Å². The lowest BCUT2D eigenvalue weighted by Crippen LogP contribution is -2.37. The Bertz CT molecular complexity index is 1140. The van der Waals surface area contributed by atoms with Gasteiger partial charge in [0.1, 0.15) is 5.75 Å². The highest BCUT2D eigenvalue weighted by molar-refractivity contribution is 6.30. The Morgan fingerprint density at radius 3 is 2.48 bits per heavy atom. The number of hydrogen-bond donors (Lipinski definition) is 1. The Morgan fingerprint density at radius 2 is 1.79 bits per heavy atom. The van der Waals surface area contributed by atoms with E-state index in [2.05, 4.69) is 10.4 Å². The summed E-state index contributed by atoms with van der Waals surface area (Å²) in [4.78, 5) is 27.6. The molecule has 0 bridgehead atoms. The number of halogens is 1. The average Bonchev–Trinajstić information content (AvgIpc) is 3.18. The molecule has 1 aromatic heterocycles. The van der Waals surface area contributed by atoms with Gasteiger partial charge in [-0.25, -0.2) is 0 Å². The van der Waals surface area contributed by atoms with E-state index in [0.29, 0.717) is 49.6 Å². The maximum absolute atomic E-state index is 12.9. The first-order chi connectivity index (χ1) is 15.9. The monoisotopic (exact) mass is 466 g/mol. The molecule has 0 fully saturated rings. The predicted octanol–water partition coefficient (Wildman–Crippen LogP) is 3.53. The van der Waals surface area contributed by atoms with Crippen LogP contribution in [0.3, 0.4) is 0 Å². The molecule has 3 aromatic rings. The number of amides is 2. The third-order valence-corrected chi connectivity index (χ3v) is 6.22. The minimum Gasteiger partial charge on any atom is -0.497 e. The highest BCUT2D eigenvalue weighted by Crippen LogP contribution is 2.23. The van der Waals surface area contributed by atoms with Crippen molar-refractivity contribution >= 4 is 23.4 Å². The number of rotatable bonds is 7. The molecule has 0 spiro atoms. The van der Waals surface area contributed by atoms with Crippen LogP contribution in [-0.4, -0.2) is 40.1 Å². The molecule has 2 aromatic carbocycles. The molecule has 0 atom stereocenters. The summed E-state index contributed by atoms with van der Waals surface area (Å²) in [5, 5.41) is 8.04. The van der Waals surface area contributed by atoms with Gasteiger partial charge in [-0.3, -0.25) is 14.3 Å². The van der Waals surface area contributed by atoms with Gasteiger partial charge in [0.05, 0.1) is 7.11 Å². The number of ether oxygens (including phenoxy) is 1. The molecule has 1 aliphatic heterocycles. The number of nitrogens with one attached hydrogen (secondary N) is 1. The highest BCUT2D eigenvalue weighted by atomic mass is 35.5. The SMILES string of the molecule is COc1ccc(CCC(=O)N2CCc3c(c(C(=O)NCc4ccc(Cl)cc4)nn3C)C2)cc1. The number of nitrogens with zero attached hydrogens (tertiary/aromatic N) is 3. The van der Waals surface area contributed by atoms with Crippen molar-refractivity contribution in [1.82, 2.24) is 20.0 Å². The van der Waals surface area contributed by atoms with Crippen LogP contribution in [0, 0.1) is 0 Å². The maximum Gasteiger partial charge on any atom is 0.272 e. The van der Waals surface area contributed by atoms with Gasteiger partial charge in [0, 0.05) is 55.8 Å². The van der Waals surface area contributed by atoms with E-state index in [1.54, 1.807) is 23.9 Å². The fourth-order valence-electron chi connectivity index (χ4n) is 4.06. The largest absolute Gasteiger partial charge is 0.497 e. The molecule has 33 heavy (non-hydrogen) atoms. The minimum absolute atomic E-state index is 0.0767. The molecule has 0 saturated carbocycles. The van der Waals surface area contributed by atoms with E-state index in [-0.39, 0.29) is 11.8 Å². The number of carbonyl (C=O) groups is 2. The molecule has 8 heteroatoms. The van der Waals surface area contributed by atoms with E-state index in [0.717, 1.165) is 28.1 Å². The van der Waals surface area contributed by atoms with Crippen molar-refractivity contribution < 1.29 is 14.3 Å². The standard InChI is InChI=1S/C25H27ClN4O3/c1-29-22-13-14-30(23(31)12-7-17-5-10-20(33-2)11-6-17)16-21(22)24(28-29)25(32)27-15-18-3-8-19(26)9-4-18/h3-6,8-11H,7,12-16H2,1-2H3,(H,27,32). The van der Waals surface area contributed by atoms with Gasteiger partial charge in [-0.15, -0.1) is 0 Å². The van der Waals surface area contributed by atoms with E-state index >= 15 is 0 Å². The lowest BCUT2D eigenvalue weighted by molar-refractivity contribution is -0.132. The lowest BCUT2D eigenvalue weighted by Gasteiger charge is -2.27. The molecule has 7 nitrogen and oxygen atoms in total. The third kappa shape index (κ3) is 5.37. The van der Waals surface area contributed by atoms with Gasteiger partial charge < -0.3 is 15.0 Å². The van der Waals surface area contributed by atoms with Crippen molar-refractivity contribution in [3.05, 3.63) is 81.6 Å². The van der Waals surface area contributed by atoms with Gasteiger partial charge in [-0.05, 0) is 41.8 Å². The van der Waals surface area contributed by atoms with Crippen LogP contribution in [0.1, 0.15) is 39.3 Å². The fraction of sp³-hybridized carbons (Fsp3) is 0.320. The zero-order valence-electron chi connectivity index (χ0n) is 18.8. The summed E-state index contributed by atoms with van der Waals surface area (Å²) in [6.07, 6.45) is 1.76. The van der Waals surface area contributed by atoms with Crippen molar-refractivity contribution in [3.63, 3.8) is 0 Å². The van der Waals surface area contributed by atoms with E-state index in [4.69, 9.17) is 16.3 Å². The Balaban J connectivity index is 1.39. The van der Waals surface area contributed by atoms with E-state index in [1.165, 1.54) is 0 Å². The minimum atomic E-state index is -0.241. The summed E-state index contributed by atoms with van der Waals surface area (Å²) >= 11 is 5.92. The third-order valence-electron chi connectivity index (χ3n) is 5.96. The molecular weight excluding hydrogens is 440 g/mol. The van der Waals surface area contributed by atoms with Crippen molar-refractivity contribution in [2.45, 2.75) is 32.4 Å². The summed E-state index contributed by atoms with van der Waals surface area (Å²) in [5.41, 5.74) is 4.26. The summed E-state index contributed by atoms with van der Waals surface area (Å²) in [6.45, 7) is 1.40. The number of benzene rings is 2. The molecule has 0 unspecified atom stereocenters. The van der Waals surface area contributed by atoms with Crippen LogP contribution in [0.5, 0.6) is 5.75 Å². The smallest absolute Gasteiger partial charge is 0.272 e. The normalized spacial score (nSPS) is 12.9.